The van der Waals surface area contributed by atoms with Gasteiger partial charge < -0.3 is 24.6 Å². The van der Waals surface area contributed by atoms with E-state index in [1.54, 1.807) is 43.3 Å². The van der Waals surface area contributed by atoms with Crippen LogP contribution in [0.1, 0.15) is 47.2 Å². The van der Waals surface area contributed by atoms with Gasteiger partial charge in [-0.25, -0.2) is 0 Å². The molecule has 1 aliphatic carbocycles. The van der Waals surface area contributed by atoms with Gasteiger partial charge in [0.1, 0.15) is 34.7 Å². The number of carbonyl (C=O) groups excluding carboxylic acids is 2. The summed E-state index contributed by atoms with van der Waals surface area (Å²) in [6.45, 7) is 3.69. The van der Waals surface area contributed by atoms with Crippen molar-refractivity contribution >= 4 is 35.1 Å². The lowest BCUT2D eigenvalue weighted by atomic mass is 9.90. The van der Waals surface area contributed by atoms with Crippen LogP contribution in [-0.2, 0) is 14.3 Å². The zero-order valence-corrected chi connectivity index (χ0v) is 21.3. The van der Waals surface area contributed by atoms with Gasteiger partial charge >= 0.3 is 5.97 Å². The number of aliphatic hydroxyl groups excluding tert-OH is 1. The third-order valence-electron chi connectivity index (χ3n) is 7.26. The highest BCUT2D eigenvalue weighted by Crippen LogP contribution is 2.47. The van der Waals surface area contributed by atoms with Crippen molar-refractivity contribution < 1.29 is 34.1 Å². The first-order valence-corrected chi connectivity index (χ1v) is 13.4. The first-order valence-electron chi connectivity index (χ1n) is 12.4. The van der Waals surface area contributed by atoms with Gasteiger partial charge in [0.2, 0.25) is 11.6 Å². The Labute approximate surface area is 219 Å². The number of carboxylic acid groups (broad SMARTS) is 1. The van der Waals surface area contributed by atoms with Crippen LogP contribution in [0, 0.1) is 0 Å². The fraction of sp³-hybridized carbons (Fsp3) is 0.393. The van der Waals surface area contributed by atoms with Crippen LogP contribution in [0.25, 0.3) is 5.76 Å². The van der Waals surface area contributed by atoms with Crippen molar-refractivity contribution in [3.63, 3.8) is 0 Å². The number of aliphatic hydroxyl groups is 1. The van der Waals surface area contributed by atoms with Gasteiger partial charge in [-0.1, -0.05) is 36.4 Å². The number of hydrogen-bond acceptors (Lipinski definition) is 8. The lowest BCUT2D eigenvalue weighted by molar-refractivity contribution is -0.138. The Morgan fingerprint density at radius 3 is 2.43 bits per heavy atom. The van der Waals surface area contributed by atoms with E-state index in [4.69, 9.17) is 14.6 Å². The van der Waals surface area contributed by atoms with Gasteiger partial charge in [0.15, 0.2) is 0 Å². The first kappa shape index (κ1) is 25.5. The Morgan fingerprint density at radius 2 is 1.76 bits per heavy atom. The molecule has 0 amide bonds. The van der Waals surface area contributed by atoms with Gasteiger partial charge in [0.25, 0.3) is 0 Å². The lowest BCUT2D eigenvalue weighted by Gasteiger charge is -2.45. The van der Waals surface area contributed by atoms with Crippen molar-refractivity contribution in [3.8, 4) is 5.75 Å². The van der Waals surface area contributed by atoms with Crippen LogP contribution in [0.5, 0.6) is 5.75 Å². The second-order valence-electron chi connectivity index (χ2n) is 9.83. The van der Waals surface area contributed by atoms with E-state index in [0.717, 1.165) is 25.9 Å². The van der Waals surface area contributed by atoms with Crippen LogP contribution in [0.3, 0.4) is 0 Å². The molecule has 9 heteroatoms. The summed E-state index contributed by atoms with van der Waals surface area (Å²) < 4.78 is 12.2. The lowest BCUT2D eigenvalue weighted by Crippen LogP contribution is -2.51. The SMILES string of the molecule is CC(C(=O)O)c1ccc(OC[C@H](O)CN2CCC3(CC2)CSC2=C(O3)c3ccccc3C(=O)C2=O)cc1. The fourth-order valence-electron chi connectivity index (χ4n) is 4.94. The zero-order chi connectivity index (χ0) is 26.2. The molecule has 2 aliphatic heterocycles. The van der Waals surface area contributed by atoms with Crippen molar-refractivity contribution in [2.75, 3.05) is 32.0 Å². The third kappa shape index (κ3) is 5.16. The quantitative estimate of drug-likeness (QED) is 0.528. The number of carboxylic acids is 1. The number of Topliss-reactive ketones (excluding diaryl/α,β-unsaturated/α-hetero) is 2. The molecule has 0 saturated carbocycles. The molecule has 2 heterocycles. The number of hydrogen-bond donors (Lipinski definition) is 2. The van der Waals surface area contributed by atoms with E-state index >= 15 is 0 Å². The highest BCUT2D eigenvalue weighted by Gasteiger charge is 2.46. The van der Waals surface area contributed by atoms with Gasteiger partial charge in [-0.2, -0.15) is 0 Å². The number of benzene rings is 2. The number of aliphatic carboxylic acids is 1. The Morgan fingerprint density at radius 1 is 1.08 bits per heavy atom. The Hall–Kier alpha value is -3.14. The number of rotatable bonds is 7. The molecule has 3 aliphatic rings. The summed E-state index contributed by atoms with van der Waals surface area (Å²) in [5.74, 6) is -0.708. The molecule has 2 N–H and O–H groups in total. The maximum Gasteiger partial charge on any atom is 0.310 e. The van der Waals surface area contributed by atoms with E-state index in [1.807, 2.05) is 12.1 Å². The minimum Gasteiger partial charge on any atom is -0.491 e. The first-order chi connectivity index (χ1) is 17.8. The molecule has 1 spiro atoms. The van der Waals surface area contributed by atoms with Crippen LogP contribution in [0.4, 0.5) is 0 Å². The number of ether oxygens (including phenoxy) is 2. The van der Waals surface area contributed by atoms with Crippen LogP contribution in [0.2, 0.25) is 0 Å². The van der Waals surface area contributed by atoms with E-state index in [2.05, 4.69) is 4.90 Å². The summed E-state index contributed by atoms with van der Waals surface area (Å²) in [6.07, 6.45) is 0.812. The number of fused-ring (bicyclic) bond motifs is 2. The van der Waals surface area contributed by atoms with E-state index in [-0.39, 0.29) is 6.61 Å². The number of allylic oxidation sites excluding steroid dienone is 1. The predicted octanol–water partition coefficient (Wildman–Crippen LogP) is 3.35. The minimum absolute atomic E-state index is 0.130. The average Bonchev–Trinajstić information content (AvgIpc) is 2.92. The Balaban J connectivity index is 1.14. The second-order valence-corrected chi connectivity index (χ2v) is 10.8. The van der Waals surface area contributed by atoms with Gasteiger partial charge in [-0.15, -0.1) is 11.8 Å². The van der Waals surface area contributed by atoms with Crippen molar-refractivity contribution in [1.29, 1.82) is 0 Å². The van der Waals surface area contributed by atoms with Gasteiger partial charge in [0, 0.05) is 49.4 Å². The molecular weight excluding hydrogens is 494 g/mol. The summed E-state index contributed by atoms with van der Waals surface area (Å²) in [7, 11) is 0. The summed E-state index contributed by atoms with van der Waals surface area (Å²) in [5.41, 5.74) is 1.37. The van der Waals surface area contributed by atoms with Crippen molar-refractivity contribution in [3.05, 3.63) is 70.1 Å². The number of thioether (sulfide) groups is 1. The molecule has 0 bridgehead atoms. The summed E-state index contributed by atoms with van der Waals surface area (Å²) in [6, 6.07) is 14.0. The van der Waals surface area contributed by atoms with Gasteiger partial charge in [-0.05, 0) is 24.6 Å². The monoisotopic (exact) mass is 523 g/mol. The second kappa shape index (κ2) is 10.3. The molecule has 1 unspecified atom stereocenters. The number of ketones is 2. The largest absolute Gasteiger partial charge is 0.491 e. The van der Waals surface area contributed by atoms with Crippen molar-refractivity contribution in [1.82, 2.24) is 4.90 Å². The number of carbonyl (C=O) groups is 3. The normalized spacial score (nSPS) is 20.6. The zero-order valence-electron chi connectivity index (χ0n) is 20.5. The predicted molar refractivity (Wildman–Crippen MR) is 139 cm³/mol. The topological polar surface area (TPSA) is 113 Å². The fourth-order valence-corrected chi connectivity index (χ4v) is 6.20. The third-order valence-corrected chi connectivity index (χ3v) is 8.59. The molecular formula is C28H29NO7S. The molecule has 8 nitrogen and oxygen atoms in total. The van der Waals surface area contributed by atoms with Crippen LogP contribution >= 0.6 is 11.8 Å². The summed E-state index contributed by atoms with van der Waals surface area (Å²) >= 11 is 1.42. The molecule has 2 atom stereocenters. The highest BCUT2D eigenvalue weighted by atomic mass is 32.2. The smallest absolute Gasteiger partial charge is 0.310 e. The van der Waals surface area contributed by atoms with Crippen LogP contribution in [0.15, 0.2) is 53.4 Å². The van der Waals surface area contributed by atoms with E-state index < -0.39 is 35.2 Å². The number of β-amino-alcohol motifs (C(OH)–C–C–N with tert-alkyl or cyclic N) is 1. The van der Waals surface area contributed by atoms with E-state index in [0.29, 0.717) is 45.4 Å². The van der Waals surface area contributed by atoms with Crippen LogP contribution < -0.4 is 4.74 Å². The summed E-state index contributed by atoms with van der Waals surface area (Å²) in [4.78, 5) is 38.8. The molecule has 1 saturated heterocycles. The van der Waals surface area contributed by atoms with Gasteiger partial charge in [0.05, 0.1) is 5.92 Å². The number of piperidine rings is 1. The molecule has 1 fully saturated rings. The Bertz CT molecular complexity index is 1250. The highest BCUT2D eigenvalue weighted by molar-refractivity contribution is 8.04. The average molecular weight is 524 g/mol. The molecule has 2 aromatic carbocycles. The number of likely N-dealkylation sites (tertiary alicyclic amines) is 1. The molecule has 37 heavy (non-hydrogen) atoms. The van der Waals surface area contributed by atoms with E-state index in [1.165, 1.54) is 11.8 Å². The minimum atomic E-state index is -0.881. The van der Waals surface area contributed by atoms with E-state index in [9.17, 15) is 19.5 Å². The molecule has 2 aromatic rings. The maximum atomic E-state index is 12.6. The number of nitrogens with zero attached hydrogens (tertiary/aromatic N) is 1. The molecule has 0 aromatic heterocycles. The Kier molecular flexibility index (Phi) is 7.11. The molecule has 194 valence electrons. The molecule has 5 rings (SSSR count). The van der Waals surface area contributed by atoms with Gasteiger partial charge in [-0.3, -0.25) is 14.4 Å². The summed E-state index contributed by atoms with van der Waals surface area (Å²) in [5, 5.41) is 19.7. The van der Waals surface area contributed by atoms with Crippen LogP contribution in [-0.4, -0.2) is 76.3 Å². The standard InChI is InChI=1S/C28H29NO7S/c1-17(27(33)34)18-6-8-20(9-7-18)35-15-19(30)14-29-12-10-28(11-13-29)16-37-26-24(32)23(31)21-4-2-3-5-22(21)25(26)36-28/h2-9,17,19,30H,10-16H2,1H3,(H,33,34)/t17?,19-/m1/s1. The maximum absolute atomic E-state index is 12.6. The van der Waals surface area contributed by atoms with Crippen molar-refractivity contribution in [2.24, 2.45) is 0 Å². The van der Waals surface area contributed by atoms with Crippen molar-refractivity contribution in [2.45, 2.75) is 37.4 Å². The molecule has 0 radical (unpaired) electrons.